The van der Waals surface area contributed by atoms with E-state index in [2.05, 4.69) is 48.7 Å². The Balaban J connectivity index is 3.75. The van der Waals surface area contributed by atoms with Crippen molar-refractivity contribution in [2.75, 3.05) is 6.54 Å². The van der Waals surface area contributed by atoms with Crippen molar-refractivity contribution < 1.29 is 0 Å². The quantitative estimate of drug-likeness (QED) is 0.132. The minimum atomic E-state index is 0.780. The van der Waals surface area contributed by atoms with Crippen LogP contribution < -0.4 is 5.32 Å². The molecule has 1 unspecified atom stereocenters. The van der Waals surface area contributed by atoms with Crippen molar-refractivity contribution >= 4 is 22.6 Å². The molecule has 0 aromatic rings. The Hall–Kier alpha value is 0.690. The summed E-state index contributed by atoms with van der Waals surface area (Å²) in [6.45, 7) is 8.13. The summed E-state index contributed by atoms with van der Waals surface area (Å²) in [5.41, 5.74) is 0. The molecule has 0 fully saturated rings. The zero-order valence-electron chi connectivity index (χ0n) is 16.3. The highest BCUT2D eigenvalue weighted by Crippen LogP contribution is 2.15. The van der Waals surface area contributed by atoms with Gasteiger partial charge in [0.1, 0.15) is 0 Å². The fourth-order valence-electron chi connectivity index (χ4n) is 3.18. The highest BCUT2D eigenvalue weighted by Gasteiger charge is 2.08. The third-order valence-corrected chi connectivity index (χ3v) is 5.41. The number of rotatable bonds is 18. The molecule has 23 heavy (non-hydrogen) atoms. The molecule has 1 atom stereocenters. The van der Waals surface area contributed by atoms with E-state index in [1.54, 1.807) is 0 Å². The van der Waals surface area contributed by atoms with Gasteiger partial charge in [0.05, 0.1) is 0 Å². The molecule has 0 amide bonds. The molecule has 0 saturated heterocycles. The summed E-state index contributed by atoms with van der Waals surface area (Å²) in [5.74, 6) is 0. The summed E-state index contributed by atoms with van der Waals surface area (Å²) in [6.07, 6.45) is 21.2. The molecule has 0 spiro atoms. The minimum Gasteiger partial charge on any atom is -0.314 e. The molecule has 0 rings (SSSR count). The van der Waals surface area contributed by atoms with Crippen molar-refractivity contribution in [1.82, 2.24) is 5.32 Å². The van der Waals surface area contributed by atoms with E-state index in [0.717, 1.165) is 9.97 Å². The van der Waals surface area contributed by atoms with Gasteiger partial charge in [0.25, 0.3) is 0 Å². The molecule has 2 heteroatoms. The predicted molar refractivity (Wildman–Crippen MR) is 116 cm³/mol. The first-order valence-corrected chi connectivity index (χ1v) is 11.8. The van der Waals surface area contributed by atoms with Gasteiger partial charge in [-0.3, -0.25) is 0 Å². The van der Waals surface area contributed by atoms with Gasteiger partial charge in [0.2, 0.25) is 0 Å². The van der Waals surface area contributed by atoms with Gasteiger partial charge in [-0.15, -0.1) is 0 Å². The molecule has 0 aromatic heterocycles. The first kappa shape index (κ1) is 23.7. The van der Waals surface area contributed by atoms with Crippen molar-refractivity contribution in [2.24, 2.45) is 0 Å². The molecule has 0 aromatic carbocycles. The van der Waals surface area contributed by atoms with Gasteiger partial charge >= 0.3 is 0 Å². The number of hydrogen-bond acceptors (Lipinski definition) is 1. The SMILES string of the molecule is CCCCCCCCC(CCCCCCCC)NCCC(C)I. The van der Waals surface area contributed by atoms with E-state index in [1.165, 1.54) is 103 Å². The number of alkyl halides is 1. The Morgan fingerprint density at radius 3 is 1.52 bits per heavy atom. The van der Waals surface area contributed by atoms with Gasteiger partial charge in [0.15, 0.2) is 0 Å². The molecule has 0 bridgehead atoms. The van der Waals surface area contributed by atoms with Crippen LogP contribution in [0.3, 0.4) is 0 Å². The average molecular weight is 437 g/mol. The van der Waals surface area contributed by atoms with Gasteiger partial charge in [-0.1, -0.05) is 120 Å². The highest BCUT2D eigenvalue weighted by molar-refractivity contribution is 14.1. The van der Waals surface area contributed by atoms with Crippen LogP contribution in [0.4, 0.5) is 0 Å². The Morgan fingerprint density at radius 1 is 0.652 bits per heavy atom. The van der Waals surface area contributed by atoms with Crippen LogP contribution >= 0.6 is 22.6 Å². The van der Waals surface area contributed by atoms with Crippen molar-refractivity contribution in [3.05, 3.63) is 0 Å². The molecule has 140 valence electrons. The molecular weight excluding hydrogens is 393 g/mol. The van der Waals surface area contributed by atoms with Crippen molar-refractivity contribution in [3.8, 4) is 0 Å². The summed E-state index contributed by atoms with van der Waals surface area (Å²) in [6, 6.07) is 0.780. The van der Waals surface area contributed by atoms with E-state index in [0.29, 0.717) is 0 Å². The van der Waals surface area contributed by atoms with E-state index in [9.17, 15) is 0 Å². The average Bonchev–Trinajstić information content (AvgIpc) is 2.53. The molecule has 0 aliphatic rings. The Bertz CT molecular complexity index is 202. The van der Waals surface area contributed by atoms with Crippen molar-refractivity contribution in [1.29, 1.82) is 0 Å². The molecule has 0 heterocycles. The largest absolute Gasteiger partial charge is 0.314 e. The van der Waals surface area contributed by atoms with E-state index in [-0.39, 0.29) is 0 Å². The summed E-state index contributed by atoms with van der Waals surface area (Å²) >= 11 is 2.54. The van der Waals surface area contributed by atoms with E-state index < -0.39 is 0 Å². The first-order chi connectivity index (χ1) is 11.2. The second-order valence-electron chi connectivity index (χ2n) is 7.33. The van der Waals surface area contributed by atoms with Crippen LogP contribution in [0.1, 0.15) is 117 Å². The smallest absolute Gasteiger partial charge is 0.00933 e. The van der Waals surface area contributed by atoms with Crippen molar-refractivity contribution in [2.45, 2.75) is 127 Å². The number of unbranched alkanes of at least 4 members (excludes halogenated alkanes) is 10. The van der Waals surface area contributed by atoms with Gasteiger partial charge in [-0.05, 0) is 25.8 Å². The number of hydrogen-bond donors (Lipinski definition) is 1. The summed E-state index contributed by atoms with van der Waals surface area (Å²) in [5, 5.41) is 3.85. The molecule has 0 aliphatic carbocycles. The normalized spacial score (nSPS) is 12.9. The van der Waals surface area contributed by atoms with Crippen LogP contribution in [-0.2, 0) is 0 Å². The minimum absolute atomic E-state index is 0.780. The third kappa shape index (κ3) is 18.9. The predicted octanol–water partition coefficient (Wildman–Crippen LogP) is 7.66. The first-order valence-electron chi connectivity index (χ1n) is 10.6. The molecule has 1 N–H and O–H groups in total. The molecule has 0 radical (unpaired) electrons. The fraction of sp³-hybridized carbons (Fsp3) is 1.00. The fourth-order valence-corrected chi connectivity index (χ4v) is 3.49. The maximum atomic E-state index is 3.85. The molecular formula is C21H44IN. The lowest BCUT2D eigenvalue weighted by Gasteiger charge is -2.19. The van der Waals surface area contributed by atoms with Crippen LogP contribution in [0, 0.1) is 0 Å². The lowest BCUT2D eigenvalue weighted by molar-refractivity contribution is 0.410. The Kier molecular flexibility index (Phi) is 19.6. The number of nitrogens with one attached hydrogen (secondary N) is 1. The van der Waals surface area contributed by atoms with Crippen LogP contribution in [0.2, 0.25) is 0 Å². The van der Waals surface area contributed by atoms with Crippen LogP contribution in [0.5, 0.6) is 0 Å². The Labute approximate surface area is 161 Å². The van der Waals surface area contributed by atoms with Gasteiger partial charge in [-0.25, -0.2) is 0 Å². The summed E-state index contributed by atoms with van der Waals surface area (Å²) in [4.78, 5) is 0. The van der Waals surface area contributed by atoms with Gasteiger partial charge in [0, 0.05) is 9.97 Å². The topological polar surface area (TPSA) is 12.0 Å². The monoisotopic (exact) mass is 437 g/mol. The Morgan fingerprint density at radius 2 is 1.09 bits per heavy atom. The second-order valence-corrected chi connectivity index (χ2v) is 9.46. The second kappa shape index (κ2) is 19.0. The van der Waals surface area contributed by atoms with Crippen LogP contribution in [0.25, 0.3) is 0 Å². The maximum absolute atomic E-state index is 3.85. The van der Waals surface area contributed by atoms with Crippen molar-refractivity contribution in [3.63, 3.8) is 0 Å². The summed E-state index contributed by atoms with van der Waals surface area (Å²) < 4.78 is 0.795. The third-order valence-electron chi connectivity index (χ3n) is 4.79. The van der Waals surface area contributed by atoms with Crippen LogP contribution in [-0.4, -0.2) is 16.5 Å². The summed E-state index contributed by atoms with van der Waals surface area (Å²) in [7, 11) is 0. The zero-order valence-corrected chi connectivity index (χ0v) is 18.5. The molecule has 1 nitrogen and oxygen atoms in total. The standard InChI is InChI=1S/C21H44IN/c1-4-6-8-10-12-14-16-21(23-19-18-20(3)22)17-15-13-11-9-7-5-2/h20-21,23H,4-19H2,1-3H3. The van der Waals surface area contributed by atoms with Crippen LogP contribution in [0.15, 0.2) is 0 Å². The number of halogens is 1. The maximum Gasteiger partial charge on any atom is 0.00933 e. The lowest BCUT2D eigenvalue weighted by Crippen LogP contribution is -2.30. The molecule has 0 aliphatic heterocycles. The van der Waals surface area contributed by atoms with Gasteiger partial charge in [-0.2, -0.15) is 0 Å². The zero-order chi connectivity index (χ0) is 17.2. The van der Waals surface area contributed by atoms with E-state index in [4.69, 9.17) is 0 Å². The molecule has 0 saturated carbocycles. The van der Waals surface area contributed by atoms with E-state index in [1.807, 2.05) is 0 Å². The highest BCUT2D eigenvalue weighted by atomic mass is 127. The van der Waals surface area contributed by atoms with E-state index >= 15 is 0 Å². The van der Waals surface area contributed by atoms with Gasteiger partial charge < -0.3 is 5.32 Å². The lowest BCUT2D eigenvalue weighted by atomic mass is 10.00.